The number of para-hydroxylation sites is 1. The number of aliphatic hydroxyl groups is 1. The number of aromatic nitrogens is 1. The molecule has 31 heavy (non-hydrogen) atoms. The maximum absolute atomic E-state index is 12.6. The minimum atomic E-state index is -1.13. The number of benzene rings is 1. The van der Waals surface area contributed by atoms with Gasteiger partial charge in [-0.15, -0.1) is 0 Å². The molecule has 8 nitrogen and oxygen atoms in total. The average Bonchev–Trinajstić information content (AvgIpc) is 3.08. The SMILES string of the molecule is Cc1c(CN(C)C(=O)/C=C/c2cnc3c(c2)N[C@@](C)(CO)C(=O)N3)oc2ccccc12. The van der Waals surface area contributed by atoms with Gasteiger partial charge in [0.15, 0.2) is 5.82 Å². The van der Waals surface area contributed by atoms with Crippen LogP contribution in [0.2, 0.25) is 0 Å². The Hall–Kier alpha value is -3.65. The molecule has 0 saturated heterocycles. The standard InChI is InChI=1S/C23H24N4O4/c1-14-16-6-4-5-7-18(16)31-19(14)12-27(3)20(29)9-8-15-10-17-21(24-11-15)25-22(30)23(2,13-28)26-17/h4-11,26,28H,12-13H2,1-3H3,(H,24,25,30)/b9-8+/t23-/m0/s1. The average molecular weight is 420 g/mol. The first-order chi connectivity index (χ1) is 14.8. The van der Waals surface area contributed by atoms with E-state index in [4.69, 9.17) is 4.42 Å². The molecule has 1 aliphatic rings. The summed E-state index contributed by atoms with van der Waals surface area (Å²) in [6.07, 6.45) is 4.69. The van der Waals surface area contributed by atoms with Crippen molar-refractivity contribution in [3.05, 3.63) is 59.5 Å². The van der Waals surface area contributed by atoms with Gasteiger partial charge in [-0.3, -0.25) is 9.59 Å². The Balaban J connectivity index is 1.47. The van der Waals surface area contributed by atoms with Crippen LogP contribution in [0.15, 0.2) is 47.0 Å². The molecule has 2 amide bonds. The zero-order valence-corrected chi connectivity index (χ0v) is 17.6. The van der Waals surface area contributed by atoms with E-state index in [9.17, 15) is 14.7 Å². The normalized spacial score (nSPS) is 18.0. The number of amides is 2. The molecule has 0 bridgehead atoms. The Morgan fingerprint density at radius 2 is 2.13 bits per heavy atom. The molecule has 3 N–H and O–H groups in total. The minimum Gasteiger partial charge on any atom is -0.459 e. The Bertz CT molecular complexity index is 1200. The second-order valence-electron chi connectivity index (χ2n) is 7.91. The lowest BCUT2D eigenvalue weighted by molar-refractivity contribution is -0.125. The van der Waals surface area contributed by atoms with Gasteiger partial charge in [-0.25, -0.2) is 4.98 Å². The molecule has 8 heteroatoms. The Morgan fingerprint density at radius 1 is 1.35 bits per heavy atom. The van der Waals surface area contributed by atoms with Gasteiger partial charge in [0.05, 0.1) is 18.8 Å². The van der Waals surface area contributed by atoms with Gasteiger partial charge in [0, 0.05) is 30.3 Å². The Morgan fingerprint density at radius 3 is 2.87 bits per heavy atom. The quantitative estimate of drug-likeness (QED) is 0.548. The van der Waals surface area contributed by atoms with Crippen LogP contribution in [-0.4, -0.2) is 46.0 Å². The van der Waals surface area contributed by atoms with Crippen molar-refractivity contribution in [2.45, 2.75) is 25.9 Å². The molecule has 3 aromatic rings. The summed E-state index contributed by atoms with van der Waals surface area (Å²) >= 11 is 0. The number of rotatable bonds is 5. The number of pyridine rings is 1. The number of fused-ring (bicyclic) bond motifs is 2. The summed E-state index contributed by atoms with van der Waals surface area (Å²) in [6, 6.07) is 9.56. The number of furan rings is 1. The lowest BCUT2D eigenvalue weighted by Crippen LogP contribution is -2.53. The van der Waals surface area contributed by atoms with Crippen molar-refractivity contribution in [1.29, 1.82) is 0 Å². The number of anilines is 2. The van der Waals surface area contributed by atoms with E-state index in [2.05, 4.69) is 15.6 Å². The maximum atomic E-state index is 12.6. The fourth-order valence-corrected chi connectivity index (χ4v) is 3.44. The fraction of sp³-hybridized carbons (Fsp3) is 0.261. The molecule has 0 spiro atoms. The van der Waals surface area contributed by atoms with E-state index < -0.39 is 5.54 Å². The maximum Gasteiger partial charge on any atom is 0.253 e. The Labute approximate surface area is 179 Å². The molecule has 1 atom stereocenters. The highest BCUT2D eigenvalue weighted by Crippen LogP contribution is 2.30. The highest BCUT2D eigenvalue weighted by atomic mass is 16.3. The second kappa shape index (κ2) is 7.88. The highest BCUT2D eigenvalue weighted by Gasteiger charge is 2.37. The molecule has 3 heterocycles. The second-order valence-corrected chi connectivity index (χ2v) is 7.91. The summed E-state index contributed by atoms with van der Waals surface area (Å²) < 4.78 is 5.89. The van der Waals surface area contributed by atoms with Gasteiger partial charge in [-0.05, 0) is 37.6 Å². The molecular weight excluding hydrogens is 396 g/mol. The van der Waals surface area contributed by atoms with Crippen LogP contribution < -0.4 is 10.6 Å². The largest absolute Gasteiger partial charge is 0.459 e. The minimum absolute atomic E-state index is 0.181. The molecule has 0 radical (unpaired) electrons. The summed E-state index contributed by atoms with van der Waals surface area (Å²) in [5.74, 6) is 0.607. The van der Waals surface area contributed by atoms with E-state index >= 15 is 0 Å². The Kier molecular flexibility index (Phi) is 5.24. The van der Waals surface area contributed by atoms with Gasteiger partial charge < -0.3 is 25.1 Å². The van der Waals surface area contributed by atoms with Crippen LogP contribution in [0.25, 0.3) is 17.0 Å². The monoisotopic (exact) mass is 420 g/mol. The van der Waals surface area contributed by atoms with E-state index in [-0.39, 0.29) is 18.4 Å². The summed E-state index contributed by atoms with van der Waals surface area (Å²) in [5.41, 5.74) is 1.97. The first kappa shape index (κ1) is 20.6. The first-order valence-electron chi connectivity index (χ1n) is 9.91. The molecule has 4 rings (SSSR count). The van der Waals surface area contributed by atoms with E-state index in [1.54, 1.807) is 37.2 Å². The number of hydrogen-bond donors (Lipinski definition) is 3. The van der Waals surface area contributed by atoms with Gasteiger partial charge in [-0.2, -0.15) is 0 Å². The lowest BCUT2D eigenvalue weighted by Gasteiger charge is -2.33. The van der Waals surface area contributed by atoms with Gasteiger partial charge in [0.25, 0.3) is 5.91 Å². The van der Waals surface area contributed by atoms with Crippen LogP contribution in [0.5, 0.6) is 0 Å². The van der Waals surface area contributed by atoms with Crippen molar-refractivity contribution in [3.8, 4) is 0 Å². The molecule has 1 aromatic carbocycles. The van der Waals surface area contributed by atoms with Gasteiger partial charge >= 0.3 is 0 Å². The van der Waals surface area contributed by atoms with Crippen LogP contribution in [0, 0.1) is 6.92 Å². The molecule has 0 aliphatic carbocycles. The number of carbonyl (C=O) groups excluding carboxylic acids is 2. The van der Waals surface area contributed by atoms with Crippen molar-refractivity contribution >= 4 is 40.4 Å². The lowest BCUT2D eigenvalue weighted by atomic mass is 9.99. The number of nitrogens with zero attached hydrogens (tertiary/aromatic N) is 2. The van der Waals surface area contributed by atoms with Gasteiger partial charge in [0.1, 0.15) is 16.9 Å². The van der Waals surface area contributed by atoms with E-state index in [1.165, 1.54) is 6.08 Å². The molecule has 0 unspecified atom stereocenters. The van der Waals surface area contributed by atoms with Crippen molar-refractivity contribution in [2.75, 3.05) is 24.3 Å². The first-order valence-corrected chi connectivity index (χ1v) is 9.91. The predicted octanol–water partition coefficient (Wildman–Crippen LogP) is 2.92. The van der Waals surface area contributed by atoms with Crippen molar-refractivity contribution in [1.82, 2.24) is 9.88 Å². The predicted molar refractivity (Wildman–Crippen MR) is 118 cm³/mol. The third-order valence-corrected chi connectivity index (χ3v) is 5.49. The molecule has 1 aliphatic heterocycles. The van der Waals surface area contributed by atoms with Crippen LogP contribution in [0.3, 0.4) is 0 Å². The van der Waals surface area contributed by atoms with E-state index in [0.717, 1.165) is 22.3 Å². The highest BCUT2D eigenvalue weighted by molar-refractivity contribution is 6.05. The number of nitrogens with one attached hydrogen (secondary N) is 2. The van der Waals surface area contributed by atoms with Crippen LogP contribution in [0.1, 0.15) is 23.8 Å². The van der Waals surface area contributed by atoms with Crippen molar-refractivity contribution in [3.63, 3.8) is 0 Å². The number of hydrogen-bond acceptors (Lipinski definition) is 6. The molecular formula is C23H24N4O4. The summed E-state index contributed by atoms with van der Waals surface area (Å²) in [7, 11) is 1.72. The molecule has 0 fully saturated rings. The van der Waals surface area contributed by atoms with Gasteiger partial charge in [-0.1, -0.05) is 18.2 Å². The van der Waals surface area contributed by atoms with Gasteiger partial charge in [0.2, 0.25) is 5.91 Å². The zero-order valence-electron chi connectivity index (χ0n) is 17.6. The van der Waals surface area contributed by atoms with Crippen LogP contribution >= 0.6 is 0 Å². The van der Waals surface area contributed by atoms with Crippen LogP contribution in [-0.2, 0) is 16.1 Å². The topological polar surface area (TPSA) is 108 Å². The van der Waals surface area contributed by atoms with Crippen LogP contribution in [0.4, 0.5) is 11.5 Å². The van der Waals surface area contributed by atoms with Crippen molar-refractivity contribution < 1.29 is 19.1 Å². The molecule has 0 saturated carbocycles. The summed E-state index contributed by atoms with van der Waals surface area (Å²) in [5, 5.41) is 16.3. The number of likely N-dealkylation sites (N-methyl/N-ethyl adjacent to an activating group) is 1. The number of aliphatic hydroxyl groups excluding tert-OH is 1. The van der Waals surface area contributed by atoms with E-state index in [1.807, 2.05) is 31.2 Å². The smallest absolute Gasteiger partial charge is 0.253 e. The summed E-state index contributed by atoms with van der Waals surface area (Å²) in [6.45, 7) is 3.59. The third kappa shape index (κ3) is 3.89. The zero-order chi connectivity index (χ0) is 22.2. The fourth-order valence-electron chi connectivity index (χ4n) is 3.44. The van der Waals surface area contributed by atoms with E-state index in [0.29, 0.717) is 23.6 Å². The molecule has 160 valence electrons. The summed E-state index contributed by atoms with van der Waals surface area (Å²) in [4.78, 5) is 30.5. The number of carbonyl (C=O) groups is 2. The van der Waals surface area contributed by atoms with Crippen molar-refractivity contribution in [2.24, 2.45) is 0 Å². The third-order valence-electron chi connectivity index (χ3n) is 5.49. The number of aryl methyl sites for hydroxylation is 1. The molecule has 2 aromatic heterocycles.